The highest BCUT2D eigenvalue weighted by Crippen LogP contribution is 2.16. The SMILES string of the molecule is Fc1ccc(-c2cnc(C=S)[nH]2)cc1. The lowest BCUT2D eigenvalue weighted by Crippen LogP contribution is -1.81. The molecule has 0 saturated carbocycles. The van der Waals surface area contributed by atoms with Gasteiger partial charge in [-0.2, -0.15) is 0 Å². The van der Waals surface area contributed by atoms with Crippen molar-refractivity contribution in [3.05, 3.63) is 42.1 Å². The lowest BCUT2D eigenvalue weighted by Gasteiger charge is -1.95. The zero-order valence-electron chi connectivity index (χ0n) is 7.20. The Morgan fingerprint density at radius 1 is 1.29 bits per heavy atom. The monoisotopic (exact) mass is 206 g/mol. The second kappa shape index (κ2) is 3.67. The van der Waals surface area contributed by atoms with Crippen LogP contribution in [0.15, 0.2) is 30.5 Å². The maximum Gasteiger partial charge on any atom is 0.141 e. The van der Waals surface area contributed by atoms with E-state index in [0.29, 0.717) is 5.82 Å². The minimum absolute atomic E-state index is 0.247. The van der Waals surface area contributed by atoms with Gasteiger partial charge in [-0.05, 0) is 29.8 Å². The Morgan fingerprint density at radius 2 is 2.00 bits per heavy atom. The molecule has 2 aromatic rings. The molecule has 0 spiro atoms. The number of halogens is 1. The van der Waals surface area contributed by atoms with Crippen molar-refractivity contribution in [3.63, 3.8) is 0 Å². The van der Waals surface area contributed by atoms with Crippen molar-refractivity contribution < 1.29 is 4.39 Å². The topological polar surface area (TPSA) is 28.7 Å². The summed E-state index contributed by atoms with van der Waals surface area (Å²) < 4.78 is 12.6. The Hall–Kier alpha value is -1.55. The summed E-state index contributed by atoms with van der Waals surface area (Å²) in [6.07, 6.45) is 1.67. The first kappa shape index (κ1) is 9.02. The molecule has 0 amide bonds. The summed E-state index contributed by atoms with van der Waals surface area (Å²) in [5.41, 5.74) is 1.73. The van der Waals surface area contributed by atoms with E-state index in [0.717, 1.165) is 11.3 Å². The average molecular weight is 206 g/mol. The van der Waals surface area contributed by atoms with E-state index in [9.17, 15) is 4.39 Å². The number of aromatic nitrogens is 2. The van der Waals surface area contributed by atoms with Crippen molar-refractivity contribution in [2.24, 2.45) is 0 Å². The third-order valence-electron chi connectivity index (χ3n) is 1.86. The van der Waals surface area contributed by atoms with Gasteiger partial charge in [-0.3, -0.25) is 0 Å². The zero-order chi connectivity index (χ0) is 9.97. The molecule has 1 aromatic heterocycles. The number of nitrogens with one attached hydrogen (secondary N) is 1. The molecule has 0 fully saturated rings. The fraction of sp³-hybridized carbons (Fsp3) is 0. The number of nitrogens with zero attached hydrogens (tertiary/aromatic N) is 1. The Bertz CT molecular complexity index is 447. The van der Waals surface area contributed by atoms with E-state index >= 15 is 0 Å². The highest BCUT2D eigenvalue weighted by atomic mass is 32.1. The molecule has 4 heteroatoms. The molecule has 2 rings (SSSR count). The molecule has 0 atom stereocenters. The summed E-state index contributed by atoms with van der Waals surface area (Å²) in [7, 11) is 0. The summed E-state index contributed by atoms with van der Waals surface area (Å²) in [6, 6.07) is 6.20. The molecule has 0 aliphatic carbocycles. The van der Waals surface area contributed by atoms with Crippen molar-refractivity contribution in [1.29, 1.82) is 0 Å². The number of benzene rings is 1. The summed E-state index contributed by atoms with van der Waals surface area (Å²) in [5.74, 6) is 0.391. The highest BCUT2D eigenvalue weighted by molar-refractivity contribution is 7.79. The number of aromatic amines is 1. The fourth-order valence-electron chi connectivity index (χ4n) is 1.17. The molecule has 14 heavy (non-hydrogen) atoms. The van der Waals surface area contributed by atoms with Gasteiger partial charge in [0.05, 0.1) is 11.9 Å². The second-order valence-electron chi connectivity index (χ2n) is 2.81. The Balaban J connectivity index is 2.39. The average Bonchev–Trinajstić information content (AvgIpc) is 2.67. The first-order valence-corrected chi connectivity index (χ1v) is 4.53. The van der Waals surface area contributed by atoms with Gasteiger partial charge in [0.25, 0.3) is 0 Å². The van der Waals surface area contributed by atoms with Crippen molar-refractivity contribution in [2.75, 3.05) is 0 Å². The van der Waals surface area contributed by atoms with Crippen molar-refractivity contribution >= 4 is 17.6 Å². The number of imidazole rings is 1. The second-order valence-corrected chi connectivity index (χ2v) is 3.04. The maximum atomic E-state index is 12.6. The van der Waals surface area contributed by atoms with Crippen LogP contribution >= 0.6 is 12.2 Å². The van der Waals surface area contributed by atoms with E-state index in [1.54, 1.807) is 18.3 Å². The predicted molar refractivity (Wildman–Crippen MR) is 56.7 cm³/mol. The van der Waals surface area contributed by atoms with Crippen LogP contribution in [0, 0.1) is 5.82 Å². The van der Waals surface area contributed by atoms with Crippen LogP contribution in [0.4, 0.5) is 4.39 Å². The van der Waals surface area contributed by atoms with Crippen molar-refractivity contribution in [2.45, 2.75) is 0 Å². The molecule has 2 nitrogen and oxygen atoms in total. The fourth-order valence-corrected chi connectivity index (χ4v) is 1.29. The molecule has 1 N–H and O–H groups in total. The quantitative estimate of drug-likeness (QED) is 0.765. The standard InChI is InChI=1S/C10H7FN2S/c11-8-3-1-7(2-4-8)9-5-12-10(6-14)13-9/h1-6H,(H,12,13). The van der Waals surface area contributed by atoms with Crippen LogP contribution in [0.25, 0.3) is 11.3 Å². The predicted octanol–water partition coefficient (Wildman–Crippen LogP) is 2.56. The van der Waals surface area contributed by atoms with E-state index in [2.05, 4.69) is 9.97 Å². The number of rotatable bonds is 2. The number of hydrogen-bond acceptors (Lipinski definition) is 2. The Morgan fingerprint density at radius 3 is 2.57 bits per heavy atom. The minimum atomic E-state index is -0.247. The summed E-state index contributed by atoms with van der Waals surface area (Å²) in [4.78, 5) is 7.03. The van der Waals surface area contributed by atoms with Gasteiger partial charge < -0.3 is 4.98 Å². The van der Waals surface area contributed by atoms with Gasteiger partial charge >= 0.3 is 0 Å². The number of hydrogen-bond donors (Lipinski definition) is 1. The van der Waals surface area contributed by atoms with Crippen LogP contribution in [0.5, 0.6) is 0 Å². The van der Waals surface area contributed by atoms with Crippen LogP contribution < -0.4 is 0 Å². The van der Waals surface area contributed by atoms with Gasteiger partial charge in [-0.1, -0.05) is 12.2 Å². The van der Waals surface area contributed by atoms with Gasteiger partial charge in [-0.15, -0.1) is 0 Å². The van der Waals surface area contributed by atoms with Crippen LogP contribution in [-0.4, -0.2) is 15.3 Å². The first-order valence-electron chi connectivity index (χ1n) is 4.06. The van der Waals surface area contributed by atoms with E-state index in [1.165, 1.54) is 17.5 Å². The van der Waals surface area contributed by atoms with Gasteiger partial charge in [0.1, 0.15) is 11.6 Å². The Labute approximate surface area is 85.8 Å². The normalized spacial score (nSPS) is 10.1. The van der Waals surface area contributed by atoms with Gasteiger partial charge in [0, 0.05) is 5.37 Å². The lowest BCUT2D eigenvalue weighted by atomic mass is 10.2. The first-order chi connectivity index (χ1) is 6.79. The minimum Gasteiger partial charge on any atom is -0.338 e. The van der Waals surface area contributed by atoms with Gasteiger partial charge in [-0.25, -0.2) is 9.37 Å². The third-order valence-corrected chi connectivity index (χ3v) is 2.09. The lowest BCUT2D eigenvalue weighted by molar-refractivity contribution is 0.628. The molecule has 0 unspecified atom stereocenters. The zero-order valence-corrected chi connectivity index (χ0v) is 8.01. The van der Waals surface area contributed by atoms with Crippen LogP contribution in [-0.2, 0) is 0 Å². The molecule has 1 aromatic carbocycles. The van der Waals surface area contributed by atoms with E-state index in [-0.39, 0.29) is 5.82 Å². The molecule has 0 bridgehead atoms. The van der Waals surface area contributed by atoms with Crippen LogP contribution in [0.3, 0.4) is 0 Å². The molecule has 0 saturated heterocycles. The van der Waals surface area contributed by atoms with Crippen molar-refractivity contribution in [1.82, 2.24) is 9.97 Å². The molecule has 0 aliphatic rings. The summed E-state index contributed by atoms with van der Waals surface area (Å²) in [5, 5.41) is 1.47. The van der Waals surface area contributed by atoms with Crippen LogP contribution in [0.1, 0.15) is 5.82 Å². The van der Waals surface area contributed by atoms with Gasteiger partial charge in [0.2, 0.25) is 0 Å². The van der Waals surface area contributed by atoms with E-state index in [1.807, 2.05) is 0 Å². The summed E-state index contributed by atoms with van der Waals surface area (Å²) in [6.45, 7) is 0. The molecule has 1 heterocycles. The van der Waals surface area contributed by atoms with E-state index in [4.69, 9.17) is 12.2 Å². The third kappa shape index (κ3) is 1.70. The van der Waals surface area contributed by atoms with Gasteiger partial charge in [0.15, 0.2) is 0 Å². The largest absolute Gasteiger partial charge is 0.338 e. The molecule has 0 radical (unpaired) electrons. The highest BCUT2D eigenvalue weighted by Gasteiger charge is 2.00. The molecular weight excluding hydrogens is 199 g/mol. The Kier molecular flexibility index (Phi) is 2.37. The number of H-pyrrole nitrogens is 1. The smallest absolute Gasteiger partial charge is 0.141 e. The van der Waals surface area contributed by atoms with Crippen molar-refractivity contribution in [3.8, 4) is 11.3 Å². The van der Waals surface area contributed by atoms with Crippen LogP contribution in [0.2, 0.25) is 0 Å². The maximum absolute atomic E-state index is 12.6. The molecule has 0 aliphatic heterocycles. The number of thiocarbonyl (C=S) groups is 1. The molecular formula is C10H7FN2S. The summed E-state index contributed by atoms with van der Waals surface area (Å²) >= 11 is 4.72. The van der Waals surface area contributed by atoms with E-state index < -0.39 is 0 Å². The molecule has 70 valence electrons.